The van der Waals surface area contributed by atoms with E-state index in [-0.39, 0.29) is 5.91 Å². The number of carbonyl (C=O) groups is 1. The summed E-state index contributed by atoms with van der Waals surface area (Å²) < 4.78 is 0.934. The summed E-state index contributed by atoms with van der Waals surface area (Å²) in [6, 6.07) is 19.2. The number of halogens is 1. The van der Waals surface area contributed by atoms with Gasteiger partial charge in [-0.3, -0.25) is 4.79 Å². The lowest BCUT2D eigenvalue weighted by atomic mass is 10.2. The zero-order chi connectivity index (χ0) is 16.5. The van der Waals surface area contributed by atoms with Crippen molar-refractivity contribution >= 4 is 49.9 Å². The van der Waals surface area contributed by atoms with Gasteiger partial charge in [-0.05, 0) is 52.3 Å². The van der Waals surface area contributed by atoms with Gasteiger partial charge in [0.15, 0.2) is 0 Å². The van der Waals surface area contributed by atoms with Gasteiger partial charge in [-0.15, -0.1) is 11.3 Å². The first-order valence-electron chi connectivity index (χ1n) is 7.31. The summed E-state index contributed by atoms with van der Waals surface area (Å²) in [6.45, 7) is 0. The lowest BCUT2D eigenvalue weighted by Gasteiger charge is -2.05. The van der Waals surface area contributed by atoms with Gasteiger partial charge in [-0.2, -0.15) is 0 Å². The summed E-state index contributed by atoms with van der Waals surface area (Å²) in [4.78, 5) is 20.8. The molecule has 0 aliphatic carbocycles. The van der Waals surface area contributed by atoms with Crippen LogP contribution in [0.5, 0.6) is 0 Å². The van der Waals surface area contributed by atoms with Gasteiger partial charge < -0.3 is 10.3 Å². The number of thiophene rings is 1. The number of hydrogen-bond acceptors (Lipinski definition) is 3. The molecule has 2 N–H and O–H groups in total. The van der Waals surface area contributed by atoms with E-state index in [0.717, 1.165) is 31.9 Å². The summed E-state index contributed by atoms with van der Waals surface area (Å²) in [7, 11) is 0. The molecule has 4 nitrogen and oxygen atoms in total. The summed E-state index contributed by atoms with van der Waals surface area (Å²) in [6.07, 6.45) is 0. The predicted octanol–water partition coefficient (Wildman–Crippen LogP) is 5.31. The maximum atomic E-state index is 12.3. The van der Waals surface area contributed by atoms with Crippen molar-refractivity contribution < 1.29 is 4.79 Å². The second kappa shape index (κ2) is 6.22. The van der Waals surface area contributed by atoms with Crippen molar-refractivity contribution in [2.45, 2.75) is 0 Å². The maximum absolute atomic E-state index is 12.3. The average molecular weight is 398 g/mol. The molecular weight excluding hydrogens is 386 g/mol. The number of carbonyl (C=O) groups excluding carboxylic acids is 1. The molecule has 0 fully saturated rings. The number of fused-ring (bicyclic) bond motifs is 1. The molecule has 24 heavy (non-hydrogen) atoms. The Morgan fingerprint density at radius 1 is 1.08 bits per heavy atom. The van der Waals surface area contributed by atoms with Crippen molar-refractivity contribution in [2.75, 3.05) is 5.32 Å². The number of hydrogen-bond donors (Lipinski definition) is 2. The standard InChI is InChI=1S/C18H12BrN3OS/c19-16-9-8-15(24-16)18(23)20-12-5-3-4-11(10-12)17-21-13-6-1-2-7-14(13)22-17/h1-10H,(H,20,23)(H,21,22). The van der Waals surface area contributed by atoms with Crippen LogP contribution in [0.3, 0.4) is 0 Å². The number of nitrogens with zero attached hydrogens (tertiary/aromatic N) is 1. The Kier molecular flexibility index (Phi) is 3.92. The van der Waals surface area contributed by atoms with Gasteiger partial charge in [0.1, 0.15) is 5.82 Å². The van der Waals surface area contributed by atoms with Gasteiger partial charge in [-0.25, -0.2) is 4.98 Å². The van der Waals surface area contributed by atoms with E-state index in [2.05, 4.69) is 31.2 Å². The van der Waals surface area contributed by atoms with E-state index >= 15 is 0 Å². The maximum Gasteiger partial charge on any atom is 0.265 e. The molecule has 0 spiro atoms. The van der Waals surface area contributed by atoms with Crippen LogP contribution >= 0.6 is 27.3 Å². The van der Waals surface area contributed by atoms with Crippen molar-refractivity contribution in [3.05, 3.63) is 69.3 Å². The van der Waals surface area contributed by atoms with Gasteiger partial charge >= 0.3 is 0 Å². The van der Waals surface area contributed by atoms with E-state index in [1.165, 1.54) is 11.3 Å². The molecule has 0 saturated heterocycles. The predicted molar refractivity (Wildman–Crippen MR) is 102 cm³/mol. The normalized spacial score (nSPS) is 10.9. The van der Waals surface area contributed by atoms with Gasteiger partial charge in [0, 0.05) is 11.3 Å². The average Bonchev–Trinajstić information content (AvgIpc) is 3.21. The highest BCUT2D eigenvalue weighted by Gasteiger charge is 2.10. The molecule has 2 aromatic heterocycles. The van der Waals surface area contributed by atoms with E-state index in [9.17, 15) is 4.79 Å². The number of imidazole rings is 1. The van der Waals surface area contributed by atoms with Gasteiger partial charge in [0.25, 0.3) is 5.91 Å². The lowest BCUT2D eigenvalue weighted by Crippen LogP contribution is -2.09. The Hall–Kier alpha value is -2.44. The molecule has 2 aromatic carbocycles. The zero-order valence-corrected chi connectivity index (χ0v) is 14.8. The summed E-state index contributed by atoms with van der Waals surface area (Å²) >= 11 is 4.78. The highest BCUT2D eigenvalue weighted by molar-refractivity contribution is 9.11. The van der Waals surface area contributed by atoms with Crippen LogP contribution < -0.4 is 5.32 Å². The number of nitrogens with one attached hydrogen (secondary N) is 2. The third-order valence-corrected chi connectivity index (χ3v) is 5.20. The van der Waals surface area contributed by atoms with Gasteiger partial charge in [0.2, 0.25) is 0 Å². The molecule has 0 aliphatic heterocycles. The first-order chi connectivity index (χ1) is 11.7. The van der Waals surface area contributed by atoms with Crippen LogP contribution in [0.4, 0.5) is 5.69 Å². The number of benzene rings is 2. The molecule has 0 saturated carbocycles. The highest BCUT2D eigenvalue weighted by atomic mass is 79.9. The first-order valence-corrected chi connectivity index (χ1v) is 8.92. The van der Waals surface area contributed by atoms with E-state index < -0.39 is 0 Å². The molecule has 2 heterocycles. The van der Waals surface area contributed by atoms with Gasteiger partial charge in [0.05, 0.1) is 19.7 Å². The minimum atomic E-state index is -0.118. The lowest BCUT2D eigenvalue weighted by molar-refractivity contribution is 0.103. The van der Waals surface area contributed by atoms with Crippen LogP contribution in [0, 0.1) is 0 Å². The zero-order valence-electron chi connectivity index (χ0n) is 12.4. The number of para-hydroxylation sites is 2. The number of aromatic amines is 1. The van der Waals surface area contributed by atoms with Crippen LogP contribution in [0.1, 0.15) is 9.67 Å². The van der Waals surface area contributed by atoms with Crippen molar-refractivity contribution in [3.63, 3.8) is 0 Å². The monoisotopic (exact) mass is 397 g/mol. The van der Waals surface area contributed by atoms with Crippen LogP contribution in [-0.2, 0) is 0 Å². The highest BCUT2D eigenvalue weighted by Crippen LogP contribution is 2.25. The van der Waals surface area contributed by atoms with Crippen LogP contribution in [0.25, 0.3) is 22.4 Å². The van der Waals surface area contributed by atoms with Crippen LogP contribution in [0.2, 0.25) is 0 Å². The second-order valence-electron chi connectivity index (χ2n) is 5.24. The van der Waals surface area contributed by atoms with Crippen LogP contribution in [0.15, 0.2) is 64.5 Å². The SMILES string of the molecule is O=C(Nc1cccc(-c2nc3ccccc3[nH]2)c1)c1ccc(Br)s1. The minimum Gasteiger partial charge on any atom is -0.338 e. The van der Waals surface area contributed by atoms with Crippen molar-refractivity contribution in [2.24, 2.45) is 0 Å². The van der Waals surface area contributed by atoms with Gasteiger partial charge in [-0.1, -0.05) is 24.3 Å². The number of rotatable bonds is 3. The van der Waals surface area contributed by atoms with E-state index in [1.807, 2.05) is 54.6 Å². The minimum absolute atomic E-state index is 0.118. The number of H-pyrrole nitrogens is 1. The fraction of sp³-hybridized carbons (Fsp3) is 0. The van der Waals surface area contributed by atoms with Crippen LogP contribution in [-0.4, -0.2) is 15.9 Å². The third-order valence-electron chi connectivity index (χ3n) is 3.58. The molecule has 118 valence electrons. The smallest absolute Gasteiger partial charge is 0.265 e. The summed E-state index contributed by atoms with van der Waals surface area (Å²) in [5, 5.41) is 2.92. The first kappa shape index (κ1) is 15.1. The Labute approximate surface area is 150 Å². The fourth-order valence-corrected chi connectivity index (χ4v) is 3.74. The molecule has 4 aromatic rings. The van der Waals surface area contributed by atoms with E-state index in [1.54, 1.807) is 6.07 Å². The molecule has 0 unspecified atom stereocenters. The quantitative estimate of drug-likeness (QED) is 0.492. The fourth-order valence-electron chi connectivity index (χ4n) is 2.46. The molecule has 4 rings (SSSR count). The molecular formula is C18H12BrN3OS. The van der Waals surface area contributed by atoms with Crippen molar-refractivity contribution in [1.82, 2.24) is 9.97 Å². The summed E-state index contributed by atoms with van der Waals surface area (Å²) in [5.74, 6) is 0.665. The van der Waals surface area contributed by atoms with E-state index in [4.69, 9.17) is 0 Å². The second-order valence-corrected chi connectivity index (χ2v) is 7.70. The Morgan fingerprint density at radius 2 is 1.96 bits per heavy atom. The number of aromatic nitrogens is 2. The summed E-state index contributed by atoms with van der Waals surface area (Å²) in [5.41, 5.74) is 3.58. The Morgan fingerprint density at radius 3 is 2.75 bits per heavy atom. The molecule has 0 aliphatic rings. The Bertz CT molecular complexity index is 1000. The molecule has 1 amide bonds. The molecule has 6 heteroatoms. The van der Waals surface area contributed by atoms with Crippen molar-refractivity contribution in [3.8, 4) is 11.4 Å². The third kappa shape index (κ3) is 2.98. The molecule has 0 radical (unpaired) electrons. The number of anilines is 1. The van der Waals surface area contributed by atoms with Crippen molar-refractivity contribution in [1.29, 1.82) is 0 Å². The molecule has 0 atom stereocenters. The number of amides is 1. The topological polar surface area (TPSA) is 57.8 Å². The largest absolute Gasteiger partial charge is 0.338 e. The Balaban J connectivity index is 1.62. The molecule has 0 bridgehead atoms. The van der Waals surface area contributed by atoms with E-state index in [0.29, 0.717) is 4.88 Å².